The van der Waals surface area contributed by atoms with Crippen LogP contribution in [-0.2, 0) is 0 Å². The van der Waals surface area contributed by atoms with Crippen molar-refractivity contribution in [1.29, 1.82) is 0 Å². The van der Waals surface area contributed by atoms with E-state index in [2.05, 4.69) is 30.1 Å². The molecule has 2 atom stereocenters. The fraction of sp³-hybridized carbons (Fsp3) is 0.571. The van der Waals surface area contributed by atoms with Crippen molar-refractivity contribution in [1.82, 2.24) is 5.32 Å². The number of aryl methyl sites for hydroxylation is 1. The van der Waals surface area contributed by atoms with Crippen molar-refractivity contribution in [3.63, 3.8) is 0 Å². The van der Waals surface area contributed by atoms with Crippen LogP contribution in [0.2, 0.25) is 5.02 Å². The number of hydrogen-bond donors (Lipinski definition) is 2. The molecule has 0 bridgehead atoms. The van der Waals surface area contributed by atoms with Crippen molar-refractivity contribution < 1.29 is 5.11 Å². The van der Waals surface area contributed by atoms with Gasteiger partial charge in [-0.1, -0.05) is 11.6 Å². The van der Waals surface area contributed by atoms with Crippen LogP contribution in [0.5, 0.6) is 0 Å². The summed E-state index contributed by atoms with van der Waals surface area (Å²) in [7, 11) is 0. The third-order valence-corrected chi connectivity index (χ3v) is 3.87. The lowest BCUT2D eigenvalue weighted by Gasteiger charge is -2.32. The summed E-state index contributed by atoms with van der Waals surface area (Å²) in [5.41, 5.74) is 2.40. The normalized spacial score (nSPS) is 25.0. The van der Waals surface area contributed by atoms with Gasteiger partial charge >= 0.3 is 0 Å². The van der Waals surface area contributed by atoms with Gasteiger partial charge in [0.15, 0.2) is 0 Å². The number of nitrogens with one attached hydrogen (secondary N) is 1. The van der Waals surface area contributed by atoms with Gasteiger partial charge in [0.25, 0.3) is 0 Å². The van der Waals surface area contributed by atoms with Gasteiger partial charge < -0.3 is 15.3 Å². The summed E-state index contributed by atoms with van der Waals surface area (Å²) in [5, 5.41) is 13.5. The highest BCUT2D eigenvalue weighted by Crippen LogP contribution is 2.27. The van der Waals surface area contributed by atoms with E-state index in [4.69, 9.17) is 11.6 Å². The van der Waals surface area contributed by atoms with E-state index in [1.165, 1.54) is 11.3 Å². The lowest BCUT2D eigenvalue weighted by atomic mass is 10.1. The molecule has 1 aromatic carbocycles. The molecule has 0 saturated carbocycles. The molecule has 0 amide bonds. The minimum Gasteiger partial charge on any atom is -0.395 e. The molecule has 100 valence electrons. The predicted octanol–water partition coefficient (Wildman–Crippen LogP) is 2.20. The summed E-state index contributed by atoms with van der Waals surface area (Å²) in [5.74, 6) is 0. The number of anilines is 1. The van der Waals surface area contributed by atoms with Crippen molar-refractivity contribution in [2.45, 2.75) is 32.4 Å². The van der Waals surface area contributed by atoms with Gasteiger partial charge in [-0.2, -0.15) is 0 Å². The number of aliphatic hydroxyl groups is 1. The average Bonchev–Trinajstić information content (AvgIpc) is 2.51. The molecule has 1 saturated heterocycles. The summed E-state index contributed by atoms with van der Waals surface area (Å²) in [6, 6.07) is 6.62. The molecule has 3 nitrogen and oxygen atoms in total. The van der Waals surface area contributed by atoms with Gasteiger partial charge in [0.05, 0.1) is 6.61 Å². The molecule has 1 heterocycles. The van der Waals surface area contributed by atoms with E-state index in [1.54, 1.807) is 0 Å². The molecular weight excluding hydrogens is 248 g/mol. The van der Waals surface area contributed by atoms with Gasteiger partial charge in [0, 0.05) is 29.3 Å². The van der Waals surface area contributed by atoms with Crippen molar-refractivity contribution in [2.75, 3.05) is 24.6 Å². The van der Waals surface area contributed by atoms with Crippen molar-refractivity contribution in [3.8, 4) is 0 Å². The quantitative estimate of drug-likeness (QED) is 0.863. The Bertz CT molecular complexity index is 411. The van der Waals surface area contributed by atoms with Crippen LogP contribution in [0.3, 0.4) is 0 Å². The second kappa shape index (κ2) is 5.91. The number of hydrogen-bond acceptors (Lipinski definition) is 3. The number of halogens is 1. The Morgan fingerprint density at radius 1 is 1.50 bits per heavy atom. The zero-order valence-corrected chi connectivity index (χ0v) is 11.7. The van der Waals surface area contributed by atoms with Gasteiger partial charge in [0.1, 0.15) is 0 Å². The zero-order valence-electron chi connectivity index (χ0n) is 11.0. The van der Waals surface area contributed by atoms with Gasteiger partial charge in [-0.25, -0.2) is 0 Å². The lowest BCUT2D eigenvalue weighted by Crippen LogP contribution is -2.42. The Morgan fingerprint density at radius 3 is 2.94 bits per heavy atom. The van der Waals surface area contributed by atoms with E-state index in [0.717, 1.165) is 24.5 Å². The van der Waals surface area contributed by atoms with E-state index in [-0.39, 0.29) is 12.6 Å². The summed E-state index contributed by atoms with van der Waals surface area (Å²) in [4.78, 5) is 2.37. The molecule has 18 heavy (non-hydrogen) atoms. The van der Waals surface area contributed by atoms with Crippen LogP contribution in [0, 0.1) is 6.92 Å². The van der Waals surface area contributed by atoms with Gasteiger partial charge in [-0.15, -0.1) is 0 Å². The van der Waals surface area contributed by atoms with Crippen LogP contribution in [0.25, 0.3) is 0 Å². The Morgan fingerprint density at radius 2 is 2.28 bits per heavy atom. The largest absolute Gasteiger partial charge is 0.395 e. The Hall–Kier alpha value is -0.770. The second-order valence-corrected chi connectivity index (χ2v) is 5.49. The van der Waals surface area contributed by atoms with Crippen molar-refractivity contribution in [2.24, 2.45) is 0 Å². The van der Waals surface area contributed by atoms with E-state index in [9.17, 15) is 5.11 Å². The van der Waals surface area contributed by atoms with Crippen LogP contribution in [0.1, 0.15) is 18.9 Å². The van der Waals surface area contributed by atoms with Crippen LogP contribution in [-0.4, -0.2) is 36.9 Å². The molecule has 2 N–H and O–H groups in total. The highest BCUT2D eigenvalue weighted by molar-refractivity contribution is 6.30. The molecule has 1 aromatic rings. The number of aliphatic hydroxyl groups excluding tert-OH is 1. The lowest BCUT2D eigenvalue weighted by molar-refractivity contribution is 0.248. The fourth-order valence-corrected chi connectivity index (χ4v) is 2.76. The average molecular weight is 269 g/mol. The van der Waals surface area contributed by atoms with Crippen LogP contribution in [0.15, 0.2) is 18.2 Å². The van der Waals surface area contributed by atoms with Gasteiger partial charge in [0.2, 0.25) is 0 Å². The molecule has 4 heteroatoms. The maximum Gasteiger partial charge on any atom is 0.0601 e. The Labute approximate surface area is 114 Å². The number of benzene rings is 1. The molecule has 0 aromatic heterocycles. The maximum absolute atomic E-state index is 9.37. The summed E-state index contributed by atoms with van der Waals surface area (Å²) in [6.45, 7) is 6.28. The van der Waals surface area contributed by atoms with Crippen LogP contribution >= 0.6 is 11.6 Å². The minimum atomic E-state index is 0.144. The first-order valence-corrected chi connectivity index (χ1v) is 6.86. The highest BCUT2D eigenvalue weighted by atomic mass is 35.5. The fourth-order valence-electron chi connectivity index (χ4n) is 2.53. The van der Waals surface area contributed by atoms with Crippen molar-refractivity contribution in [3.05, 3.63) is 28.8 Å². The van der Waals surface area contributed by atoms with E-state index in [0.29, 0.717) is 6.04 Å². The minimum absolute atomic E-state index is 0.144. The molecule has 0 aliphatic carbocycles. The molecular formula is C14H21ClN2O. The van der Waals surface area contributed by atoms with E-state index >= 15 is 0 Å². The van der Waals surface area contributed by atoms with Crippen LogP contribution in [0.4, 0.5) is 5.69 Å². The topological polar surface area (TPSA) is 35.5 Å². The molecule has 1 aliphatic heterocycles. The SMILES string of the molecule is Cc1cc(Cl)ccc1N1CC(CO)NCCC1C. The standard InChI is InChI=1S/C14H21ClN2O/c1-10-7-12(15)3-4-14(10)17-8-13(9-18)16-6-5-11(17)2/h3-4,7,11,13,16,18H,5-6,8-9H2,1-2H3. The third-order valence-electron chi connectivity index (χ3n) is 3.63. The molecule has 1 fully saturated rings. The third kappa shape index (κ3) is 2.97. The molecule has 0 radical (unpaired) electrons. The first-order valence-electron chi connectivity index (χ1n) is 6.49. The van der Waals surface area contributed by atoms with E-state index < -0.39 is 0 Å². The summed E-state index contributed by atoms with van der Waals surface area (Å²) in [6.07, 6.45) is 1.08. The summed E-state index contributed by atoms with van der Waals surface area (Å²) >= 11 is 6.01. The molecule has 0 spiro atoms. The number of nitrogens with zero attached hydrogens (tertiary/aromatic N) is 1. The number of rotatable bonds is 2. The molecule has 2 rings (SSSR count). The Kier molecular flexibility index (Phi) is 4.49. The first-order chi connectivity index (χ1) is 8.61. The smallest absolute Gasteiger partial charge is 0.0601 e. The predicted molar refractivity (Wildman–Crippen MR) is 76.5 cm³/mol. The molecule has 2 unspecified atom stereocenters. The van der Waals surface area contributed by atoms with Gasteiger partial charge in [-0.3, -0.25) is 0 Å². The molecule has 1 aliphatic rings. The van der Waals surface area contributed by atoms with E-state index in [1.807, 2.05) is 12.1 Å². The Balaban J connectivity index is 2.27. The summed E-state index contributed by atoms with van der Waals surface area (Å²) < 4.78 is 0. The highest BCUT2D eigenvalue weighted by Gasteiger charge is 2.23. The first kappa shape index (κ1) is 13.7. The van der Waals surface area contributed by atoms with Crippen molar-refractivity contribution >= 4 is 17.3 Å². The zero-order chi connectivity index (χ0) is 13.1. The van der Waals surface area contributed by atoms with Crippen LogP contribution < -0.4 is 10.2 Å². The second-order valence-electron chi connectivity index (χ2n) is 5.05. The monoisotopic (exact) mass is 268 g/mol. The van der Waals surface area contributed by atoms with Gasteiger partial charge in [-0.05, 0) is 50.6 Å². The maximum atomic E-state index is 9.37.